The third-order valence-electron chi connectivity index (χ3n) is 2.41. The van der Waals surface area contributed by atoms with Crippen molar-refractivity contribution in [2.75, 3.05) is 13.6 Å². The maximum Gasteiger partial charge on any atom is 0.0324 e. The van der Waals surface area contributed by atoms with E-state index in [-0.39, 0.29) is 0 Å². The summed E-state index contributed by atoms with van der Waals surface area (Å²) in [5.41, 5.74) is 5.87. The van der Waals surface area contributed by atoms with Crippen molar-refractivity contribution >= 4 is 11.3 Å². The van der Waals surface area contributed by atoms with Crippen LogP contribution in [0.4, 0.5) is 0 Å². The van der Waals surface area contributed by atoms with E-state index in [1.165, 1.54) is 4.88 Å². The highest BCUT2D eigenvalue weighted by molar-refractivity contribution is 7.09. The van der Waals surface area contributed by atoms with Crippen molar-refractivity contribution < 1.29 is 0 Å². The van der Waals surface area contributed by atoms with Crippen molar-refractivity contribution in [1.82, 2.24) is 4.90 Å². The highest BCUT2D eigenvalue weighted by atomic mass is 32.1. The Hall–Kier alpha value is -0.380. The van der Waals surface area contributed by atoms with Crippen LogP contribution in [0.3, 0.4) is 0 Å². The maximum atomic E-state index is 5.87. The predicted octanol–water partition coefficient (Wildman–Crippen LogP) is 2.31. The van der Waals surface area contributed by atoms with E-state index in [0.29, 0.717) is 6.04 Å². The van der Waals surface area contributed by atoms with E-state index in [9.17, 15) is 0 Å². The van der Waals surface area contributed by atoms with Crippen LogP contribution >= 0.6 is 11.3 Å². The second-order valence-corrected chi connectivity index (χ2v) is 4.81. The monoisotopic (exact) mass is 212 g/mol. The molecule has 80 valence electrons. The summed E-state index contributed by atoms with van der Waals surface area (Å²) < 4.78 is 0. The molecule has 0 saturated heterocycles. The zero-order chi connectivity index (χ0) is 10.4. The van der Waals surface area contributed by atoms with Crippen LogP contribution in [0.2, 0.25) is 0 Å². The van der Waals surface area contributed by atoms with Crippen molar-refractivity contribution in [2.24, 2.45) is 5.73 Å². The van der Waals surface area contributed by atoms with Crippen molar-refractivity contribution in [2.45, 2.75) is 32.4 Å². The summed E-state index contributed by atoms with van der Waals surface area (Å²) in [4.78, 5) is 3.76. The highest BCUT2D eigenvalue weighted by Gasteiger charge is 2.03. The normalized spacial score (nSPS) is 13.4. The van der Waals surface area contributed by atoms with Crippen molar-refractivity contribution in [3.05, 3.63) is 22.4 Å². The van der Waals surface area contributed by atoms with Crippen LogP contribution in [-0.2, 0) is 6.54 Å². The first-order valence-electron chi connectivity index (χ1n) is 5.19. The fraction of sp³-hybridized carbons (Fsp3) is 0.636. The standard InChI is InChI=1S/C11H20N2S/c1-3-10(12)6-7-13(2)9-11-5-4-8-14-11/h4-5,8,10H,3,6-7,9,12H2,1-2H3. The first-order valence-corrected chi connectivity index (χ1v) is 6.06. The lowest BCUT2D eigenvalue weighted by molar-refractivity contribution is 0.312. The molecule has 0 fully saturated rings. The lowest BCUT2D eigenvalue weighted by Crippen LogP contribution is -2.27. The summed E-state index contributed by atoms with van der Waals surface area (Å²) in [7, 11) is 2.15. The number of hydrogen-bond acceptors (Lipinski definition) is 3. The lowest BCUT2D eigenvalue weighted by atomic mass is 10.1. The molecule has 2 N–H and O–H groups in total. The average molecular weight is 212 g/mol. The summed E-state index contributed by atoms with van der Waals surface area (Å²) in [5.74, 6) is 0. The summed E-state index contributed by atoms with van der Waals surface area (Å²) in [6, 6.07) is 4.65. The van der Waals surface area contributed by atoms with E-state index in [1.807, 2.05) is 11.3 Å². The van der Waals surface area contributed by atoms with Gasteiger partial charge in [0.05, 0.1) is 0 Å². The molecule has 0 saturated carbocycles. The lowest BCUT2D eigenvalue weighted by Gasteiger charge is -2.17. The smallest absolute Gasteiger partial charge is 0.0324 e. The first-order chi connectivity index (χ1) is 6.72. The van der Waals surface area contributed by atoms with E-state index >= 15 is 0 Å². The molecule has 3 heteroatoms. The molecule has 0 bridgehead atoms. The highest BCUT2D eigenvalue weighted by Crippen LogP contribution is 2.11. The summed E-state index contributed by atoms with van der Waals surface area (Å²) >= 11 is 1.82. The zero-order valence-electron chi connectivity index (χ0n) is 9.07. The molecule has 0 spiro atoms. The van der Waals surface area contributed by atoms with Gasteiger partial charge in [0.15, 0.2) is 0 Å². The molecule has 0 aliphatic carbocycles. The number of nitrogens with zero attached hydrogens (tertiary/aromatic N) is 1. The molecule has 1 aromatic heterocycles. The van der Waals surface area contributed by atoms with Crippen molar-refractivity contribution in [1.29, 1.82) is 0 Å². The number of rotatable bonds is 6. The van der Waals surface area contributed by atoms with Gasteiger partial charge in [-0.15, -0.1) is 11.3 Å². The minimum absolute atomic E-state index is 0.362. The Bertz CT molecular complexity index is 233. The van der Waals surface area contributed by atoms with Gasteiger partial charge in [-0.1, -0.05) is 13.0 Å². The SMILES string of the molecule is CCC(N)CCN(C)Cc1cccs1. The summed E-state index contributed by atoms with van der Waals surface area (Å²) in [6.07, 6.45) is 2.17. The zero-order valence-corrected chi connectivity index (χ0v) is 9.89. The Morgan fingerprint density at radius 3 is 2.93 bits per heavy atom. The van der Waals surface area contributed by atoms with Crippen LogP contribution in [0.25, 0.3) is 0 Å². The van der Waals surface area contributed by atoms with Gasteiger partial charge < -0.3 is 10.6 Å². The first kappa shape index (κ1) is 11.7. The van der Waals surface area contributed by atoms with Crippen LogP contribution in [0.1, 0.15) is 24.6 Å². The van der Waals surface area contributed by atoms with Crippen LogP contribution < -0.4 is 5.73 Å². The Kier molecular flexibility index (Phi) is 5.15. The maximum absolute atomic E-state index is 5.87. The molecular formula is C11H20N2S. The summed E-state index contributed by atoms with van der Waals surface area (Å²) in [5, 5.41) is 2.13. The van der Waals surface area contributed by atoms with Crippen LogP contribution in [-0.4, -0.2) is 24.5 Å². The minimum atomic E-state index is 0.362. The third kappa shape index (κ3) is 4.22. The molecule has 0 amide bonds. The number of thiophene rings is 1. The van der Waals surface area contributed by atoms with Crippen LogP contribution in [0.5, 0.6) is 0 Å². The quantitative estimate of drug-likeness (QED) is 0.784. The Morgan fingerprint density at radius 1 is 1.57 bits per heavy atom. The fourth-order valence-corrected chi connectivity index (χ4v) is 2.12. The van der Waals surface area contributed by atoms with Gasteiger partial charge in [-0.2, -0.15) is 0 Å². The van der Waals surface area contributed by atoms with E-state index in [2.05, 4.69) is 36.4 Å². The van der Waals surface area contributed by atoms with E-state index in [0.717, 1.165) is 25.9 Å². The fourth-order valence-electron chi connectivity index (χ4n) is 1.34. The topological polar surface area (TPSA) is 29.3 Å². The predicted molar refractivity (Wildman–Crippen MR) is 63.5 cm³/mol. The molecule has 1 aromatic rings. The molecule has 0 aromatic carbocycles. The van der Waals surface area contributed by atoms with Gasteiger partial charge in [-0.05, 0) is 37.9 Å². The van der Waals surface area contributed by atoms with Gasteiger partial charge >= 0.3 is 0 Å². The molecular weight excluding hydrogens is 192 g/mol. The van der Waals surface area contributed by atoms with E-state index < -0.39 is 0 Å². The average Bonchev–Trinajstić information content (AvgIpc) is 2.66. The molecule has 1 unspecified atom stereocenters. The second kappa shape index (κ2) is 6.17. The minimum Gasteiger partial charge on any atom is -0.328 e. The molecule has 0 aliphatic rings. The van der Waals surface area contributed by atoms with Crippen LogP contribution in [0, 0.1) is 0 Å². The molecule has 0 radical (unpaired) electrons. The van der Waals surface area contributed by atoms with Gasteiger partial charge in [-0.3, -0.25) is 0 Å². The largest absolute Gasteiger partial charge is 0.328 e. The van der Waals surface area contributed by atoms with Crippen LogP contribution in [0.15, 0.2) is 17.5 Å². The Balaban J connectivity index is 2.19. The number of hydrogen-bond donors (Lipinski definition) is 1. The summed E-state index contributed by atoms with van der Waals surface area (Å²) in [6.45, 7) is 4.28. The van der Waals surface area contributed by atoms with Crippen molar-refractivity contribution in [3.8, 4) is 0 Å². The van der Waals surface area contributed by atoms with Gasteiger partial charge in [-0.25, -0.2) is 0 Å². The van der Waals surface area contributed by atoms with E-state index in [1.54, 1.807) is 0 Å². The van der Waals surface area contributed by atoms with Crippen molar-refractivity contribution in [3.63, 3.8) is 0 Å². The molecule has 1 rings (SSSR count). The van der Waals surface area contributed by atoms with Gasteiger partial charge in [0.2, 0.25) is 0 Å². The number of nitrogens with two attached hydrogens (primary N) is 1. The second-order valence-electron chi connectivity index (χ2n) is 3.77. The van der Waals surface area contributed by atoms with Gasteiger partial charge in [0.1, 0.15) is 0 Å². The Morgan fingerprint density at radius 2 is 2.36 bits per heavy atom. The van der Waals surface area contributed by atoms with E-state index in [4.69, 9.17) is 5.73 Å². The molecule has 1 heterocycles. The molecule has 2 nitrogen and oxygen atoms in total. The third-order valence-corrected chi connectivity index (χ3v) is 3.27. The molecule has 1 atom stereocenters. The van der Waals surface area contributed by atoms with Gasteiger partial charge in [0, 0.05) is 17.5 Å². The molecule has 0 aliphatic heterocycles. The Labute approximate surface area is 90.7 Å². The van der Waals surface area contributed by atoms with Gasteiger partial charge in [0.25, 0.3) is 0 Å². The molecule has 14 heavy (non-hydrogen) atoms.